The quantitative estimate of drug-likeness (QED) is 0.656. The molecule has 7 heteroatoms. The van der Waals surface area contributed by atoms with Crippen molar-refractivity contribution < 1.29 is 14.3 Å². The summed E-state index contributed by atoms with van der Waals surface area (Å²) in [6.45, 7) is 2.45. The minimum atomic E-state index is -0.0868. The van der Waals surface area contributed by atoms with Crippen LogP contribution in [0.1, 0.15) is 12.5 Å². The topological polar surface area (TPSA) is 47.6 Å². The lowest BCUT2D eigenvalue weighted by molar-refractivity contribution is -0.113. The maximum absolute atomic E-state index is 12.1. The van der Waals surface area contributed by atoms with Crippen molar-refractivity contribution in [3.8, 4) is 11.5 Å². The van der Waals surface area contributed by atoms with Crippen LogP contribution in [0.5, 0.6) is 11.5 Å². The van der Waals surface area contributed by atoms with Crippen molar-refractivity contribution >= 4 is 46.6 Å². The molecule has 0 heterocycles. The van der Waals surface area contributed by atoms with E-state index in [4.69, 9.17) is 32.7 Å². The van der Waals surface area contributed by atoms with Crippen LogP contribution < -0.4 is 14.8 Å². The van der Waals surface area contributed by atoms with Crippen LogP contribution in [-0.4, -0.2) is 25.4 Å². The van der Waals surface area contributed by atoms with E-state index in [1.807, 2.05) is 19.1 Å². The number of rotatable bonds is 8. The van der Waals surface area contributed by atoms with Gasteiger partial charge in [-0.15, -0.1) is 11.8 Å². The van der Waals surface area contributed by atoms with Crippen LogP contribution >= 0.6 is 35.0 Å². The van der Waals surface area contributed by atoms with Gasteiger partial charge in [0.1, 0.15) is 0 Å². The molecule has 0 bridgehead atoms. The first-order chi connectivity index (χ1) is 12.0. The molecule has 0 saturated carbocycles. The Bertz CT molecular complexity index is 740. The zero-order valence-corrected chi connectivity index (χ0v) is 16.3. The second-order valence-electron chi connectivity index (χ2n) is 5.09. The highest BCUT2D eigenvalue weighted by atomic mass is 35.5. The van der Waals surface area contributed by atoms with Gasteiger partial charge in [-0.25, -0.2) is 0 Å². The lowest BCUT2D eigenvalue weighted by Crippen LogP contribution is -2.14. The standard InChI is InChI=1S/C18H19Cl2NO3S/c1-3-24-16-7-5-13(9-17(16)23-2)21-18(22)11-25-10-12-4-6-14(19)15(20)8-12/h4-9H,3,10-11H2,1-2H3,(H,21,22). The van der Waals surface area contributed by atoms with Gasteiger partial charge in [-0.1, -0.05) is 29.3 Å². The number of halogens is 2. The fraction of sp³-hybridized carbons (Fsp3) is 0.278. The Morgan fingerprint density at radius 3 is 2.60 bits per heavy atom. The molecular formula is C18H19Cl2NO3S. The molecule has 2 rings (SSSR count). The second-order valence-corrected chi connectivity index (χ2v) is 6.89. The normalized spacial score (nSPS) is 10.4. The summed E-state index contributed by atoms with van der Waals surface area (Å²) < 4.78 is 10.7. The maximum atomic E-state index is 12.1. The average molecular weight is 400 g/mol. The molecule has 4 nitrogen and oxygen atoms in total. The van der Waals surface area contributed by atoms with Gasteiger partial charge in [-0.3, -0.25) is 4.79 Å². The van der Waals surface area contributed by atoms with E-state index in [9.17, 15) is 4.79 Å². The molecule has 0 aliphatic rings. The smallest absolute Gasteiger partial charge is 0.234 e. The summed E-state index contributed by atoms with van der Waals surface area (Å²) in [6.07, 6.45) is 0. The van der Waals surface area contributed by atoms with Crippen LogP contribution in [0.25, 0.3) is 0 Å². The largest absolute Gasteiger partial charge is 0.493 e. The SMILES string of the molecule is CCOc1ccc(NC(=O)CSCc2ccc(Cl)c(Cl)c2)cc1OC. The summed E-state index contributed by atoms with van der Waals surface area (Å²) in [5, 5.41) is 3.89. The number of carbonyl (C=O) groups excluding carboxylic acids is 1. The number of ether oxygens (including phenoxy) is 2. The molecule has 2 aromatic carbocycles. The number of anilines is 1. The lowest BCUT2D eigenvalue weighted by atomic mass is 10.2. The van der Waals surface area contributed by atoms with Crippen molar-refractivity contribution in [3.05, 3.63) is 52.0 Å². The van der Waals surface area contributed by atoms with Crippen molar-refractivity contribution in [2.45, 2.75) is 12.7 Å². The number of hydrogen-bond donors (Lipinski definition) is 1. The third kappa shape index (κ3) is 6.03. The summed E-state index contributed by atoms with van der Waals surface area (Å²) in [4.78, 5) is 12.1. The number of hydrogen-bond acceptors (Lipinski definition) is 4. The van der Waals surface area contributed by atoms with Gasteiger partial charge in [0, 0.05) is 17.5 Å². The first-order valence-electron chi connectivity index (χ1n) is 7.65. The van der Waals surface area contributed by atoms with Gasteiger partial charge in [0.15, 0.2) is 11.5 Å². The molecule has 0 atom stereocenters. The highest BCUT2D eigenvalue weighted by Gasteiger charge is 2.08. The summed E-state index contributed by atoms with van der Waals surface area (Å²) in [5.41, 5.74) is 1.69. The lowest BCUT2D eigenvalue weighted by Gasteiger charge is -2.11. The molecule has 0 saturated heterocycles. The minimum Gasteiger partial charge on any atom is -0.493 e. The minimum absolute atomic E-state index is 0.0868. The molecule has 2 aromatic rings. The van der Waals surface area contributed by atoms with Crippen molar-refractivity contribution in [1.29, 1.82) is 0 Å². The molecule has 0 radical (unpaired) electrons. The molecule has 25 heavy (non-hydrogen) atoms. The summed E-state index contributed by atoms with van der Waals surface area (Å²) in [7, 11) is 1.57. The van der Waals surface area contributed by atoms with Crippen LogP contribution in [0.4, 0.5) is 5.69 Å². The number of benzene rings is 2. The fourth-order valence-corrected chi connectivity index (χ4v) is 3.20. The van der Waals surface area contributed by atoms with Crippen molar-refractivity contribution in [1.82, 2.24) is 0 Å². The van der Waals surface area contributed by atoms with Gasteiger partial charge in [0.05, 0.1) is 29.5 Å². The maximum Gasteiger partial charge on any atom is 0.234 e. The number of amides is 1. The molecule has 1 N–H and O–H groups in total. The summed E-state index contributed by atoms with van der Waals surface area (Å²) >= 11 is 13.4. The van der Waals surface area contributed by atoms with Gasteiger partial charge < -0.3 is 14.8 Å². The van der Waals surface area contributed by atoms with E-state index in [0.717, 1.165) is 5.56 Å². The average Bonchev–Trinajstić information content (AvgIpc) is 2.59. The Kier molecular flexibility index (Phi) is 7.75. The Hall–Kier alpha value is -1.56. The fourth-order valence-electron chi connectivity index (χ4n) is 2.11. The van der Waals surface area contributed by atoms with Crippen molar-refractivity contribution in [2.75, 3.05) is 24.8 Å². The van der Waals surface area contributed by atoms with E-state index in [2.05, 4.69) is 5.32 Å². The van der Waals surface area contributed by atoms with E-state index < -0.39 is 0 Å². The second kappa shape index (κ2) is 9.80. The molecule has 0 aromatic heterocycles. The van der Waals surface area contributed by atoms with Gasteiger partial charge in [0.2, 0.25) is 5.91 Å². The molecule has 0 aliphatic carbocycles. The molecule has 134 valence electrons. The monoisotopic (exact) mass is 399 g/mol. The van der Waals surface area contributed by atoms with E-state index in [1.165, 1.54) is 11.8 Å². The van der Waals surface area contributed by atoms with Crippen LogP contribution in [-0.2, 0) is 10.5 Å². The zero-order chi connectivity index (χ0) is 18.2. The molecule has 0 aliphatic heterocycles. The van der Waals surface area contributed by atoms with Gasteiger partial charge in [0.25, 0.3) is 0 Å². The molecule has 0 unspecified atom stereocenters. The molecular weight excluding hydrogens is 381 g/mol. The predicted molar refractivity (Wildman–Crippen MR) is 105 cm³/mol. The molecule has 1 amide bonds. The third-order valence-corrected chi connectivity index (χ3v) is 4.98. The number of nitrogens with one attached hydrogen (secondary N) is 1. The van der Waals surface area contributed by atoms with Crippen LogP contribution in [0, 0.1) is 0 Å². The van der Waals surface area contributed by atoms with Crippen LogP contribution in [0.2, 0.25) is 10.0 Å². The zero-order valence-electron chi connectivity index (χ0n) is 14.0. The van der Waals surface area contributed by atoms with E-state index in [-0.39, 0.29) is 5.91 Å². The Balaban J connectivity index is 1.86. The van der Waals surface area contributed by atoms with Crippen molar-refractivity contribution in [2.24, 2.45) is 0 Å². The van der Waals surface area contributed by atoms with Crippen LogP contribution in [0.3, 0.4) is 0 Å². The molecule has 0 spiro atoms. The van der Waals surface area contributed by atoms with Crippen LogP contribution in [0.15, 0.2) is 36.4 Å². The Morgan fingerprint density at radius 2 is 1.92 bits per heavy atom. The first-order valence-corrected chi connectivity index (χ1v) is 9.57. The van der Waals surface area contributed by atoms with Gasteiger partial charge in [-0.2, -0.15) is 0 Å². The number of methoxy groups -OCH3 is 1. The third-order valence-electron chi connectivity index (χ3n) is 3.23. The van der Waals surface area contributed by atoms with Crippen molar-refractivity contribution in [3.63, 3.8) is 0 Å². The van der Waals surface area contributed by atoms with Gasteiger partial charge in [-0.05, 0) is 36.8 Å². The van der Waals surface area contributed by atoms with E-state index in [0.29, 0.717) is 45.3 Å². The Labute approximate surface area is 161 Å². The predicted octanol–water partition coefficient (Wildman–Crippen LogP) is 5.27. The summed E-state index contributed by atoms with van der Waals surface area (Å²) in [5.74, 6) is 2.16. The number of carbonyl (C=O) groups is 1. The highest BCUT2D eigenvalue weighted by Crippen LogP contribution is 2.30. The van der Waals surface area contributed by atoms with Gasteiger partial charge >= 0.3 is 0 Å². The highest BCUT2D eigenvalue weighted by molar-refractivity contribution is 7.99. The Morgan fingerprint density at radius 1 is 1.12 bits per heavy atom. The van der Waals surface area contributed by atoms with E-state index >= 15 is 0 Å². The summed E-state index contributed by atoms with van der Waals surface area (Å²) in [6, 6.07) is 10.8. The molecule has 0 fully saturated rings. The number of thioether (sulfide) groups is 1. The first kappa shape index (κ1) is 19.8. The van der Waals surface area contributed by atoms with E-state index in [1.54, 1.807) is 31.4 Å².